The van der Waals surface area contributed by atoms with E-state index in [1.165, 1.54) is 44.5 Å². The third-order valence-electron chi connectivity index (χ3n) is 7.22. The lowest BCUT2D eigenvalue weighted by Crippen LogP contribution is -2.23. The molecule has 0 amide bonds. The lowest BCUT2D eigenvalue weighted by atomic mass is 9.74. The Morgan fingerprint density at radius 2 is 1.03 bits per heavy atom. The van der Waals surface area contributed by atoms with Gasteiger partial charge in [0, 0.05) is 0 Å². The summed E-state index contributed by atoms with van der Waals surface area (Å²) in [5.41, 5.74) is 16.3. The zero-order chi connectivity index (χ0) is 28.0. The summed E-state index contributed by atoms with van der Waals surface area (Å²) >= 11 is 0. The summed E-state index contributed by atoms with van der Waals surface area (Å²) < 4.78 is 18.4. The maximum atomic E-state index is 6.31. The highest BCUT2D eigenvalue weighted by Crippen LogP contribution is 2.46. The second-order valence-corrected chi connectivity index (χ2v) is 15.8. The summed E-state index contributed by atoms with van der Waals surface area (Å²) in [7, 11) is -1.58. The summed E-state index contributed by atoms with van der Waals surface area (Å²) in [6, 6.07) is 9.58. The van der Waals surface area contributed by atoms with Crippen LogP contribution < -0.4 is 5.73 Å². The Hall–Kier alpha value is -1.29. The van der Waals surface area contributed by atoms with Crippen molar-refractivity contribution in [3.63, 3.8) is 0 Å². The first-order chi connectivity index (χ1) is 16.8. The van der Waals surface area contributed by atoms with Crippen LogP contribution in [0.3, 0.4) is 0 Å². The summed E-state index contributed by atoms with van der Waals surface area (Å²) in [5, 5.41) is 0. The number of nitrogens with two attached hydrogens (primary N) is 1. The van der Waals surface area contributed by atoms with Crippen LogP contribution in [0, 0.1) is 0 Å². The molecule has 0 atom stereocenters. The van der Waals surface area contributed by atoms with Gasteiger partial charge in [-0.2, -0.15) is 0 Å². The van der Waals surface area contributed by atoms with Crippen LogP contribution in [-0.2, 0) is 54.9 Å². The second-order valence-electron chi connectivity index (χ2n) is 14.6. The lowest BCUT2D eigenvalue weighted by Gasteiger charge is -2.33. The van der Waals surface area contributed by atoms with Gasteiger partial charge in [-0.15, -0.1) is 0 Å². The molecule has 37 heavy (non-hydrogen) atoms. The number of fused-ring (bicyclic) bond motifs is 2. The van der Waals surface area contributed by atoms with E-state index >= 15 is 0 Å². The average Bonchev–Trinajstić information content (AvgIpc) is 2.73. The first-order valence-electron chi connectivity index (χ1n) is 13.5. The Kier molecular flexibility index (Phi) is 8.75. The van der Waals surface area contributed by atoms with Gasteiger partial charge in [-0.1, -0.05) is 107 Å². The van der Waals surface area contributed by atoms with Gasteiger partial charge in [0.25, 0.3) is 0 Å². The van der Waals surface area contributed by atoms with Gasteiger partial charge in [0.15, 0.2) is 0 Å². The molecule has 2 N–H and O–H groups in total. The number of benzene rings is 2. The van der Waals surface area contributed by atoms with Gasteiger partial charge >= 0.3 is 8.60 Å². The predicted molar refractivity (Wildman–Crippen MR) is 157 cm³/mol. The first kappa shape index (κ1) is 30.3. The van der Waals surface area contributed by atoms with E-state index in [-0.39, 0.29) is 28.4 Å². The molecular weight excluding hydrogens is 477 g/mol. The van der Waals surface area contributed by atoms with Gasteiger partial charge in [0.1, 0.15) is 6.73 Å². The van der Waals surface area contributed by atoms with Gasteiger partial charge in [0.2, 0.25) is 0 Å². The average molecular weight is 528 g/mol. The molecule has 0 fully saturated rings. The molecule has 2 aromatic rings. The van der Waals surface area contributed by atoms with Crippen LogP contribution in [-0.4, -0.2) is 6.73 Å². The summed E-state index contributed by atoms with van der Waals surface area (Å²) in [6.07, 6.45) is 0.840. The molecule has 3 rings (SSSR count). The molecule has 0 aromatic heterocycles. The van der Waals surface area contributed by atoms with Crippen molar-refractivity contribution in [2.45, 2.75) is 124 Å². The number of hydrogen-bond donors (Lipinski definition) is 1. The summed E-state index contributed by atoms with van der Waals surface area (Å²) in [5.74, 6) is 0. The maximum Gasteiger partial charge on any atom is 0.334 e. The molecular formula is C32H50NO3P. The van der Waals surface area contributed by atoms with Crippen molar-refractivity contribution in [2.24, 2.45) is 5.73 Å². The zero-order valence-electron chi connectivity index (χ0n) is 25.4. The largest absolute Gasteiger partial charge is 0.334 e. The van der Waals surface area contributed by atoms with Crippen molar-refractivity contribution in [2.75, 3.05) is 6.73 Å². The number of rotatable bonds is 2. The van der Waals surface area contributed by atoms with E-state index in [1.54, 1.807) is 0 Å². The van der Waals surface area contributed by atoms with Crippen LogP contribution in [0.25, 0.3) is 0 Å². The van der Waals surface area contributed by atoms with Crippen molar-refractivity contribution in [3.05, 3.63) is 68.8 Å². The fraction of sp³-hybridized carbons (Fsp3) is 0.625. The molecule has 1 aliphatic heterocycles. The molecule has 0 bridgehead atoms. The highest BCUT2D eigenvalue weighted by Gasteiger charge is 2.30. The monoisotopic (exact) mass is 527 g/mol. The minimum atomic E-state index is -1.58. The second kappa shape index (κ2) is 10.7. The quantitative estimate of drug-likeness (QED) is 0.314. The van der Waals surface area contributed by atoms with Gasteiger partial charge in [0.05, 0.1) is 13.2 Å². The van der Waals surface area contributed by atoms with E-state index in [0.29, 0.717) is 13.2 Å². The van der Waals surface area contributed by atoms with E-state index in [2.05, 4.69) is 107 Å². The van der Waals surface area contributed by atoms with Crippen LogP contribution in [0.15, 0.2) is 24.3 Å². The van der Waals surface area contributed by atoms with Crippen LogP contribution >= 0.6 is 8.60 Å². The van der Waals surface area contributed by atoms with E-state index in [1.807, 2.05) is 0 Å². The minimum Gasteiger partial charge on any atom is -0.308 e. The summed E-state index contributed by atoms with van der Waals surface area (Å²) in [6.45, 7) is 28.4. The highest BCUT2D eigenvalue weighted by molar-refractivity contribution is 7.41. The van der Waals surface area contributed by atoms with E-state index in [4.69, 9.17) is 19.3 Å². The Balaban J connectivity index is 2.39. The first-order valence-corrected chi connectivity index (χ1v) is 14.6. The topological polar surface area (TPSA) is 53.7 Å². The van der Waals surface area contributed by atoms with Gasteiger partial charge in [-0.25, -0.2) is 0 Å². The van der Waals surface area contributed by atoms with Crippen LogP contribution in [0.4, 0.5) is 0 Å². The Morgan fingerprint density at radius 1 is 0.649 bits per heavy atom. The van der Waals surface area contributed by atoms with Crippen molar-refractivity contribution in [1.29, 1.82) is 0 Å². The minimum absolute atomic E-state index is 0.0379. The molecule has 2 aromatic carbocycles. The lowest BCUT2D eigenvalue weighted by molar-refractivity contribution is 0.149. The van der Waals surface area contributed by atoms with Crippen LogP contribution in [0.1, 0.15) is 128 Å². The Labute approximate surface area is 227 Å². The molecule has 206 valence electrons. The molecule has 0 aliphatic carbocycles. The smallest absolute Gasteiger partial charge is 0.308 e. The normalized spacial score (nSPS) is 16.4. The maximum absolute atomic E-state index is 6.31. The molecule has 1 heterocycles. The van der Waals surface area contributed by atoms with Crippen molar-refractivity contribution in [3.8, 4) is 0 Å². The molecule has 1 aliphatic rings. The highest BCUT2D eigenvalue weighted by atomic mass is 31.2. The molecule has 0 saturated heterocycles. The van der Waals surface area contributed by atoms with Gasteiger partial charge in [-0.05, 0) is 72.6 Å². The Bertz CT molecular complexity index is 1030. The molecule has 0 unspecified atom stereocenters. The molecule has 0 saturated carbocycles. The van der Waals surface area contributed by atoms with E-state index < -0.39 is 8.60 Å². The molecule has 4 nitrogen and oxygen atoms in total. The number of hydrogen-bond acceptors (Lipinski definition) is 4. The zero-order valence-corrected chi connectivity index (χ0v) is 26.3. The van der Waals surface area contributed by atoms with Crippen LogP contribution in [0.2, 0.25) is 0 Å². The predicted octanol–water partition coefficient (Wildman–Crippen LogP) is 8.67. The Morgan fingerprint density at radius 3 is 1.32 bits per heavy atom. The van der Waals surface area contributed by atoms with Gasteiger partial charge in [-0.3, -0.25) is 4.52 Å². The fourth-order valence-electron chi connectivity index (χ4n) is 4.94. The van der Waals surface area contributed by atoms with Gasteiger partial charge < -0.3 is 14.8 Å². The van der Waals surface area contributed by atoms with E-state index in [0.717, 1.165) is 6.42 Å². The fourth-order valence-corrected chi connectivity index (χ4v) is 5.75. The molecule has 0 radical (unpaired) electrons. The summed E-state index contributed by atoms with van der Waals surface area (Å²) in [4.78, 5) is 0. The van der Waals surface area contributed by atoms with E-state index in [9.17, 15) is 0 Å². The third-order valence-corrected chi connectivity index (χ3v) is 8.26. The van der Waals surface area contributed by atoms with Crippen molar-refractivity contribution in [1.82, 2.24) is 0 Å². The van der Waals surface area contributed by atoms with Crippen LogP contribution in [0.5, 0.6) is 0 Å². The third kappa shape index (κ3) is 7.22. The SMILES string of the molecule is CC(C)(C)c1cc2c(c(C(C)(C)C)c1)COP(OCN)OCc1c(cc(C(C)(C)C)cc1C(C)(C)C)C2. The molecule has 0 spiro atoms. The van der Waals surface area contributed by atoms with Crippen molar-refractivity contribution >= 4 is 8.60 Å². The van der Waals surface area contributed by atoms with Crippen molar-refractivity contribution < 1.29 is 13.6 Å². The standard InChI is InChI=1S/C32H50NO3P/c1-29(2,3)23-14-21-13-22-15-24(30(4,5)6)17-28(32(10,11)12)26(22)19-35-37(36-20-33)34-18-25(21)27(16-23)31(7,8)9/h14-17H,13,18-20,33H2,1-12H3. The molecule has 5 heteroatoms.